The Kier molecular flexibility index (Phi) is 5.45. The van der Waals surface area contributed by atoms with Crippen molar-refractivity contribution in [1.29, 1.82) is 0 Å². The highest BCUT2D eigenvalue weighted by Gasteiger charge is 2.38. The molecule has 1 aliphatic carbocycles. The van der Waals surface area contributed by atoms with Gasteiger partial charge in [-0.1, -0.05) is 25.7 Å². The molecular weight excluding hydrogens is 232 g/mol. The molecule has 1 heterocycles. The Morgan fingerprint density at radius 2 is 1.62 bits per heavy atom. The number of hydrogen-bond donors (Lipinski definition) is 1. The lowest BCUT2D eigenvalue weighted by atomic mass is 9.85. The number of rotatable bonds is 1. The van der Waals surface area contributed by atoms with Gasteiger partial charge in [0.2, 0.25) is 0 Å². The van der Waals surface area contributed by atoms with Crippen molar-refractivity contribution in [3.05, 3.63) is 0 Å². The van der Waals surface area contributed by atoms with Crippen molar-refractivity contribution in [3.63, 3.8) is 0 Å². The zero-order valence-corrected chi connectivity index (χ0v) is 10.5. The van der Waals surface area contributed by atoms with E-state index in [2.05, 4.69) is 5.32 Å². The second kappa shape index (κ2) is 6.15. The summed E-state index contributed by atoms with van der Waals surface area (Å²) < 4.78 is 26.5. The minimum absolute atomic E-state index is 0. The molecule has 0 radical (unpaired) electrons. The fourth-order valence-corrected chi connectivity index (χ4v) is 2.98. The molecule has 1 saturated carbocycles. The predicted octanol–water partition coefficient (Wildman–Crippen LogP) is 3.77. The number of piperidine rings is 1. The van der Waals surface area contributed by atoms with Crippen molar-refractivity contribution in [1.82, 2.24) is 5.32 Å². The van der Waals surface area contributed by atoms with Crippen LogP contribution >= 0.6 is 12.4 Å². The van der Waals surface area contributed by atoms with E-state index in [9.17, 15) is 8.78 Å². The number of alkyl halides is 2. The molecule has 0 bridgehead atoms. The van der Waals surface area contributed by atoms with E-state index in [1.54, 1.807) is 0 Å². The Balaban J connectivity index is 0.00000128. The van der Waals surface area contributed by atoms with Gasteiger partial charge in [0.1, 0.15) is 0 Å². The second-order valence-corrected chi connectivity index (χ2v) is 5.12. The van der Waals surface area contributed by atoms with Crippen LogP contribution in [0.3, 0.4) is 0 Å². The van der Waals surface area contributed by atoms with Gasteiger partial charge in [-0.25, -0.2) is 8.78 Å². The molecule has 4 heteroatoms. The van der Waals surface area contributed by atoms with Crippen LogP contribution in [0.25, 0.3) is 0 Å². The smallest absolute Gasteiger partial charge is 0.250 e. The molecule has 96 valence electrons. The predicted molar refractivity (Wildman–Crippen MR) is 64.4 cm³/mol. The molecule has 0 amide bonds. The quantitative estimate of drug-likeness (QED) is 0.702. The van der Waals surface area contributed by atoms with E-state index >= 15 is 0 Å². The molecule has 0 aromatic carbocycles. The maximum Gasteiger partial charge on any atom is 0.250 e. The highest BCUT2D eigenvalue weighted by atomic mass is 35.5. The average molecular weight is 254 g/mol. The summed E-state index contributed by atoms with van der Waals surface area (Å²) in [6.07, 6.45) is 7.43. The molecule has 2 rings (SSSR count). The Morgan fingerprint density at radius 3 is 2.19 bits per heavy atom. The standard InChI is InChI=1S/C12H21F2N.ClH/c13-12(14)7-8-15-11(9-12)10-5-3-1-2-4-6-10;/h10-11,15H,1-9H2;1H. The van der Waals surface area contributed by atoms with Gasteiger partial charge < -0.3 is 5.32 Å². The van der Waals surface area contributed by atoms with Gasteiger partial charge in [-0.15, -0.1) is 12.4 Å². The van der Waals surface area contributed by atoms with Gasteiger partial charge in [0.05, 0.1) is 0 Å². The minimum Gasteiger partial charge on any atom is -0.313 e. The number of halogens is 3. The monoisotopic (exact) mass is 253 g/mol. The molecule has 16 heavy (non-hydrogen) atoms. The van der Waals surface area contributed by atoms with E-state index in [0.29, 0.717) is 12.5 Å². The van der Waals surface area contributed by atoms with Gasteiger partial charge in [-0.2, -0.15) is 0 Å². The van der Waals surface area contributed by atoms with Gasteiger partial charge >= 0.3 is 0 Å². The minimum atomic E-state index is -2.41. The van der Waals surface area contributed by atoms with Gasteiger partial charge in [0.25, 0.3) is 5.92 Å². The lowest BCUT2D eigenvalue weighted by Gasteiger charge is -2.35. The van der Waals surface area contributed by atoms with Crippen LogP contribution < -0.4 is 5.32 Å². The Labute approximate surface area is 103 Å². The summed E-state index contributed by atoms with van der Waals surface area (Å²) in [5.74, 6) is -1.92. The molecule has 1 nitrogen and oxygen atoms in total. The first kappa shape index (κ1) is 14.2. The van der Waals surface area contributed by atoms with Gasteiger partial charge in [0, 0.05) is 25.4 Å². The summed E-state index contributed by atoms with van der Waals surface area (Å²) >= 11 is 0. The SMILES string of the molecule is Cl.FC1(F)CCNC(C2CCCCCC2)C1. The lowest BCUT2D eigenvalue weighted by Crippen LogP contribution is -2.47. The van der Waals surface area contributed by atoms with E-state index in [4.69, 9.17) is 0 Å². The summed E-state index contributed by atoms with van der Waals surface area (Å²) in [6, 6.07) is 0.0758. The molecule has 0 aromatic heterocycles. The van der Waals surface area contributed by atoms with Crippen LogP contribution in [0.15, 0.2) is 0 Å². The molecule has 1 N–H and O–H groups in total. The van der Waals surface area contributed by atoms with Crippen LogP contribution in [0.1, 0.15) is 51.4 Å². The Morgan fingerprint density at radius 1 is 1.00 bits per heavy atom. The van der Waals surface area contributed by atoms with Crippen LogP contribution in [0, 0.1) is 5.92 Å². The normalized spacial score (nSPS) is 31.5. The van der Waals surface area contributed by atoms with E-state index < -0.39 is 5.92 Å². The van der Waals surface area contributed by atoms with Crippen molar-refractivity contribution in [2.24, 2.45) is 5.92 Å². The third kappa shape index (κ3) is 3.85. The largest absolute Gasteiger partial charge is 0.313 e. The van der Waals surface area contributed by atoms with Gasteiger partial charge in [0.15, 0.2) is 0 Å². The van der Waals surface area contributed by atoms with Crippen molar-refractivity contribution in [2.45, 2.75) is 63.3 Å². The summed E-state index contributed by atoms with van der Waals surface area (Å²) in [5.41, 5.74) is 0. The summed E-state index contributed by atoms with van der Waals surface area (Å²) in [5, 5.41) is 3.29. The fourth-order valence-electron chi connectivity index (χ4n) is 2.98. The number of nitrogens with one attached hydrogen (secondary N) is 1. The van der Waals surface area contributed by atoms with Crippen LogP contribution in [0.4, 0.5) is 8.78 Å². The molecule has 0 aromatic rings. The maximum absolute atomic E-state index is 13.3. The Hall–Kier alpha value is 0.110. The van der Waals surface area contributed by atoms with Crippen molar-refractivity contribution in [3.8, 4) is 0 Å². The van der Waals surface area contributed by atoms with Gasteiger partial charge in [-0.3, -0.25) is 0 Å². The molecule has 0 spiro atoms. The molecule has 1 aliphatic heterocycles. The van der Waals surface area contributed by atoms with E-state index in [0.717, 1.165) is 12.8 Å². The van der Waals surface area contributed by atoms with Crippen LogP contribution in [-0.2, 0) is 0 Å². The molecule has 1 atom stereocenters. The Bertz CT molecular complexity index is 203. The zero-order chi connectivity index (χ0) is 10.7. The second-order valence-electron chi connectivity index (χ2n) is 5.12. The van der Waals surface area contributed by atoms with E-state index in [1.165, 1.54) is 25.7 Å². The highest BCUT2D eigenvalue weighted by molar-refractivity contribution is 5.85. The van der Waals surface area contributed by atoms with Crippen molar-refractivity contribution < 1.29 is 8.78 Å². The van der Waals surface area contributed by atoms with Crippen LogP contribution in [0.2, 0.25) is 0 Å². The first-order valence-electron chi connectivity index (χ1n) is 6.29. The fraction of sp³-hybridized carbons (Fsp3) is 1.00. The van der Waals surface area contributed by atoms with E-state index in [-0.39, 0.29) is 31.3 Å². The highest BCUT2D eigenvalue weighted by Crippen LogP contribution is 2.34. The molecule has 1 unspecified atom stereocenters. The summed E-state index contributed by atoms with van der Waals surface area (Å²) in [6.45, 7) is 0.494. The van der Waals surface area contributed by atoms with E-state index in [1.807, 2.05) is 0 Å². The van der Waals surface area contributed by atoms with Crippen molar-refractivity contribution >= 4 is 12.4 Å². The summed E-state index contributed by atoms with van der Waals surface area (Å²) in [7, 11) is 0. The van der Waals surface area contributed by atoms with Crippen LogP contribution in [-0.4, -0.2) is 18.5 Å². The third-order valence-electron chi connectivity index (χ3n) is 3.88. The molecule has 1 saturated heterocycles. The molecule has 2 fully saturated rings. The topological polar surface area (TPSA) is 12.0 Å². The lowest BCUT2D eigenvalue weighted by molar-refractivity contribution is -0.0493. The maximum atomic E-state index is 13.3. The first-order valence-corrected chi connectivity index (χ1v) is 6.29. The summed E-state index contributed by atoms with van der Waals surface area (Å²) in [4.78, 5) is 0. The first-order chi connectivity index (χ1) is 7.17. The molecular formula is C12H22ClF2N. The third-order valence-corrected chi connectivity index (χ3v) is 3.88. The van der Waals surface area contributed by atoms with Crippen molar-refractivity contribution in [2.75, 3.05) is 6.54 Å². The number of hydrogen-bond acceptors (Lipinski definition) is 1. The molecule has 2 aliphatic rings. The average Bonchev–Trinajstić information content (AvgIpc) is 2.44. The zero-order valence-electron chi connectivity index (χ0n) is 9.68. The van der Waals surface area contributed by atoms with Gasteiger partial charge in [-0.05, 0) is 18.8 Å². The van der Waals surface area contributed by atoms with Crippen LogP contribution in [0.5, 0.6) is 0 Å².